The quantitative estimate of drug-likeness (QED) is 0.299. The fourth-order valence-corrected chi connectivity index (χ4v) is 4.84. The Bertz CT molecular complexity index is 1760. The Morgan fingerprint density at radius 1 is 0.444 bits per heavy atom. The first kappa shape index (κ1) is 20.3. The maximum Gasteiger partial charge on any atom is 0.170 e. The highest BCUT2D eigenvalue weighted by Gasteiger charge is 2.18. The summed E-state index contributed by atoms with van der Waals surface area (Å²) in [5, 5.41) is 11.6. The number of hydrogen-bond acceptors (Lipinski definition) is 4. The average molecular weight is 465 g/mol. The average Bonchev–Trinajstić information content (AvgIpc) is 3.54. The van der Waals surface area contributed by atoms with Crippen LogP contribution in [-0.2, 0) is 0 Å². The molecule has 0 saturated carbocycles. The molecule has 0 spiro atoms. The highest BCUT2D eigenvalue weighted by molar-refractivity contribution is 6.09. The van der Waals surface area contributed by atoms with Gasteiger partial charge in [-0.15, -0.1) is 10.2 Å². The van der Waals surface area contributed by atoms with E-state index >= 15 is 0 Å². The van der Waals surface area contributed by atoms with E-state index in [9.17, 15) is 0 Å². The highest BCUT2D eigenvalue weighted by Crippen LogP contribution is 2.33. The Morgan fingerprint density at radius 2 is 1.06 bits per heavy atom. The Morgan fingerprint density at radius 3 is 1.67 bits per heavy atom. The van der Waals surface area contributed by atoms with E-state index in [0.29, 0.717) is 0 Å². The molecule has 0 amide bonds. The molecule has 0 aliphatic carbocycles. The molecule has 0 atom stereocenters. The summed E-state index contributed by atoms with van der Waals surface area (Å²) in [4.78, 5) is 8.59. The maximum atomic E-state index is 4.58. The van der Waals surface area contributed by atoms with Gasteiger partial charge in [-0.1, -0.05) is 36.4 Å². The van der Waals surface area contributed by atoms with Crippen molar-refractivity contribution in [1.82, 2.24) is 29.3 Å². The van der Waals surface area contributed by atoms with Gasteiger partial charge in [0.15, 0.2) is 11.6 Å². The van der Waals surface area contributed by atoms with E-state index in [0.717, 1.165) is 34.2 Å². The number of benzene rings is 3. The predicted molar refractivity (Wildman–Crippen MR) is 142 cm³/mol. The molecular weight excluding hydrogens is 444 g/mol. The van der Waals surface area contributed by atoms with E-state index in [1.807, 2.05) is 35.0 Å². The minimum atomic E-state index is 0.720. The third-order valence-corrected chi connectivity index (χ3v) is 6.45. The van der Waals surface area contributed by atoms with Crippen molar-refractivity contribution in [3.63, 3.8) is 0 Å². The summed E-state index contributed by atoms with van der Waals surface area (Å²) in [6.07, 6.45) is 7.13. The smallest absolute Gasteiger partial charge is 0.170 e. The van der Waals surface area contributed by atoms with Crippen molar-refractivity contribution < 1.29 is 0 Å². The van der Waals surface area contributed by atoms with Gasteiger partial charge in [-0.3, -0.25) is 14.5 Å². The second-order valence-electron chi connectivity index (χ2n) is 8.55. The zero-order valence-corrected chi connectivity index (χ0v) is 19.2. The molecule has 0 aliphatic heterocycles. The summed E-state index contributed by atoms with van der Waals surface area (Å²) >= 11 is 0. The van der Waals surface area contributed by atoms with E-state index in [-0.39, 0.29) is 0 Å². The molecule has 0 bridgehead atoms. The van der Waals surface area contributed by atoms with Gasteiger partial charge in [0.05, 0.1) is 22.9 Å². The normalized spacial score (nSPS) is 11.3. The Balaban J connectivity index is 1.39. The van der Waals surface area contributed by atoms with Crippen molar-refractivity contribution in [3.05, 3.63) is 122 Å². The molecular formula is C30H20N6. The maximum absolute atomic E-state index is 4.58. The molecule has 3 aromatic carbocycles. The van der Waals surface area contributed by atoms with Gasteiger partial charge < -0.3 is 4.57 Å². The van der Waals surface area contributed by atoms with Gasteiger partial charge in [-0.25, -0.2) is 0 Å². The molecule has 6 heteroatoms. The van der Waals surface area contributed by atoms with Gasteiger partial charge in [0.2, 0.25) is 0 Å². The van der Waals surface area contributed by atoms with Crippen LogP contribution in [0.4, 0.5) is 0 Å². The van der Waals surface area contributed by atoms with Crippen molar-refractivity contribution in [2.75, 3.05) is 0 Å². The van der Waals surface area contributed by atoms with Crippen molar-refractivity contribution in [2.24, 2.45) is 0 Å². The summed E-state index contributed by atoms with van der Waals surface area (Å²) in [5.74, 6) is 1.47. The molecule has 170 valence electrons. The Labute approximate surface area is 207 Å². The van der Waals surface area contributed by atoms with Gasteiger partial charge in [-0.05, 0) is 60.7 Å². The van der Waals surface area contributed by atoms with Crippen LogP contribution >= 0.6 is 0 Å². The third kappa shape index (κ3) is 3.20. The summed E-state index contributed by atoms with van der Waals surface area (Å²) in [6, 6.07) is 33.3. The molecule has 4 heterocycles. The number of para-hydroxylation sites is 2. The number of hydrogen-bond donors (Lipinski definition) is 0. The van der Waals surface area contributed by atoms with Crippen LogP contribution in [-0.4, -0.2) is 29.3 Å². The SMILES string of the molecule is c1cncc(-c2nnc(-c3ccc(-n4c5ccccc5c5ccccc54)cc3)n2-c2cccnc2)c1. The Hall–Kier alpha value is -5.10. The fraction of sp³-hybridized carbons (Fsp3) is 0. The van der Waals surface area contributed by atoms with E-state index < -0.39 is 0 Å². The zero-order valence-electron chi connectivity index (χ0n) is 19.2. The molecule has 0 N–H and O–H groups in total. The fourth-order valence-electron chi connectivity index (χ4n) is 4.84. The van der Waals surface area contributed by atoms with Crippen molar-refractivity contribution in [3.8, 4) is 34.2 Å². The van der Waals surface area contributed by atoms with Crippen LogP contribution in [0.5, 0.6) is 0 Å². The number of fused-ring (bicyclic) bond motifs is 3. The van der Waals surface area contributed by atoms with Gasteiger partial charge in [0.25, 0.3) is 0 Å². The number of pyridine rings is 2. The van der Waals surface area contributed by atoms with Gasteiger partial charge >= 0.3 is 0 Å². The van der Waals surface area contributed by atoms with E-state index in [2.05, 4.69) is 97.5 Å². The predicted octanol–water partition coefficient (Wildman–Crippen LogP) is 6.49. The van der Waals surface area contributed by atoms with Gasteiger partial charge in [-0.2, -0.15) is 0 Å². The lowest BCUT2D eigenvalue weighted by Gasteiger charge is -2.12. The first-order valence-electron chi connectivity index (χ1n) is 11.7. The first-order valence-corrected chi connectivity index (χ1v) is 11.7. The third-order valence-electron chi connectivity index (χ3n) is 6.45. The molecule has 0 fully saturated rings. The Kier molecular flexibility index (Phi) is 4.67. The van der Waals surface area contributed by atoms with Crippen LogP contribution in [0.15, 0.2) is 122 Å². The second-order valence-corrected chi connectivity index (χ2v) is 8.55. The minimum absolute atomic E-state index is 0.720. The summed E-state index contributed by atoms with van der Waals surface area (Å²) in [6.45, 7) is 0. The second kappa shape index (κ2) is 8.29. The molecule has 36 heavy (non-hydrogen) atoms. The van der Waals surface area contributed by atoms with Crippen LogP contribution < -0.4 is 0 Å². The molecule has 4 aromatic heterocycles. The van der Waals surface area contributed by atoms with Crippen molar-refractivity contribution in [1.29, 1.82) is 0 Å². The number of rotatable bonds is 4. The van der Waals surface area contributed by atoms with E-state index in [1.165, 1.54) is 21.8 Å². The lowest BCUT2D eigenvalue weighted by Crippen LogP contribution is -2.01. The molecule has 0 aliphatic rings. The van der Waals surface area contributed by atoms with Crippen LogP contribution in [0.3, 0.4) is 0 Å². The minimum Gasteiger partial charge on any atom is -0.309 e. The number of nitrogens with zero attached hydrogens (tertiary/aromatic N) is 6. The van der Waals surface area contributed by atoms with Crippen LogP contribution in [0, 0.1) is 0 Å². The molecule has 7 aromatic rings. The largest absolute Gasteiger partial charge is 0.309 e. The van der Waals surface area contributed by atoms with Gasteiger partial charge in [0.1, 0.15) is 0 Å². The van der Waals surface area contributed by atoms with Crippen LogP contribution in [0.1, 0.15) is 0 Å². The lowest BCUT2D eigenvalue weighted by atomic mass is 10.1. The van der Waals surface area contributed by atoms with Gasteiger partial charge in [0, 0.05) is 46.2 Å². The molecule has 0 saturated heterocycles. The topological polar surface area (TPSA) is 61.4 Å². The van der Waals surface area contributed by atoms with E-state index in [4.69, 9.17) is 0 Å². The summed E-state index contributed by atoms with van der Waals surface area (Å²) < 4.78 is 4.33. The summed E-state index contributed by atoms with van der Waals surface area (Å²) in [7, 11) is 0. The molecule has 0 unspecified atom stereocenters. The summed E-state index contributed by atoms with van der Waals surface area (Å²) in [5.41, 5.74) is 6.21. The number of aromatic nitrogens is 6. The molecule has 7 rings (SSSR count). The zero-order chi connectivity index (χ0) is 23.9. The standard InChI is InChI=1S/C30H20N6/c1-3-11-27-25(9-1)26-10-2-4-12-28(26)35(27)23-15-13-21(14-16-23)29-33-34-30(22-7-5-17-31-19-22)36(29)24-8-6-18-32-20-24/h1-20H. The first-order chi connectivity index (χ1) is 17.9. The van der Waals surface area contributed by atoms with Crippen LogP contribution in [0.2, 0.25) is 0 Å². The monoisotopic (exact) mass is 464 g/mol. The molecule has 6 nitrogen and oxygen atoms in total. The van der Waals surface area contributed by atoms with Crippen molar-refractivity contribution in [2.45, 2.75) is 0 Å². The highest BCUT2D eigenvalue weighted by atomic mass is 15.3. The van der Waals surface area contributed by atoms with E-state index in [1.54, 1.807) is 18.6 Å². The lowest BCUT2D eigenvalue weighted by molar-refractivity contribution is 1.05. The van der Waals surface area contributed by atoms with Crippen molar-refractivity contribution >= 4 is 21.8 Å². The molecule has 0 radical (unpaired) electrons. The van der Waals surface area contributed by atoms with Crippen LogP contribution in [0.25, 0.3) is 56.0 Å².